The first kappa shape index (κ1) is 24.6. The molecule has 36 heavy (non-hydrogen) atoms. The third-order valence-electron chi connectivity index (χ3n) is 7.10. The summed E-state index contributed by atoms with van der Waals surface area (Å²) in [5.41, 5.74) is 2.75. The van der Waals surface area contributed by atoms with Crippen molar-refractivity contribution in [3.05, 3.63) is 53.2 Å². The number of hydrogen-bond acceptors (Lipinski definition) is 7. The standard InChI is InChI=1S/C26H31N5O4S/c1-29(24(34)26(15-23(32)33)13-19-5-2-3-6-20(19)14-26)25-28-22(18-36-25)21-16-27-31(17-21)8-4-7-30-9-11-35-12-10-30/h2-3,5-6,16-18H,4,7-15H2,1H3,(H,32,33). The lowest BCUT2D eigenvalue weighted by molar-refractivity contribution is -0.144. The molecule has 0 atom stereocenters. The minimum absolute atomic E-state index is 0.208. The summed E-state index contributed by atoms with van der Waals surface area (Å²) >= 11 is 1.38. The molecule has 5 rings (SSSR count). The lowest BCUT2D eigenvalue weighted by Gasteiger charge is -2.30. The maximum absolute atomic E-state index is 13.7. The lowest BCUT2D eigenvalue weighted by Crippen LogP contribution is -2.44. The van der Waals surface area contributed by atoms with Crippen LogP contribution in [0.3, 0.4) is 0 Å². The Labute approximate surface area is 214 Å². The third-order valence-corrected chi connectivity index (χ3v) is 8.01. The van der Waals surface area contributed by atoms with E-state index in [4.69, 9.17) is 9.72 Å². The molecule has 2 aliphatic rings. The number of hydrogen-bond donors (Lipinski definition) is 1. The fourth-order valence-corrected chi connectivity index (χ4v) is 6.03. The molecule has 0 spiro atoms. The van der Waals surface area contributed by atoms with E-state index >= 15 is 0 Å². The molecule has 10 heteroatoms. The van der Waals surface area contributed by atoms with Crippen LogP contribution in [0.5, 0.6) is 0 Å². The molecule has 0 bridgehead atoms. The normalized spacial score (nSPS) is 17.1. The van der Waals surface area contributed by atoms with Crippen LogP contribution in [-0.4, -0.2) is 76.5 Å². The van der Waals surface area contributed by atoms with Crippen molar-refractivity contribution in [1.82, 2.24) is 19.7 Å². The van der Waals surface area contributed by atoms with Gasteiger partial charge in [0.2, 0.25) is 5.91 Å². The zero-order valence-electron chi connectivity index (χ0n) is 20.4. The summed E-state index contributed by atoms with van der Waals surface area (Å²) in [5, 5.41) is 16.6. The van der Waals surface area contributed by atoms with Crippen LogP contribution < -0.4 is 4.90 Å². The highest BCUT2D eigenvalue weighted by Crippen LogP contribution is 2.42. The van der Waals surface area contributed by atoms with Gasteiger partial charge in [-0.15, -0.1) is 11.3 Å². The fraction of sp³-hybridized carbons (Fsp3) is 0.462. The number of anilines is 1. The highest BCUT2D eigenvalue weighted by molar-refractivity contribution is 7.14. The van der Waals surface area contributed by atoms with Gasteiger partial charge in [-0.05, 0) is 30.4 Å². The maximum Gasteiger partial charge on any atom is 0.304 e. The molecular weight excluding hydrogens is 478 g/mol. The Balaban J connectivity index is 1.25. The first-order chi connectivity index (χ1) is 17.4. The lowest BCUT2D eigenvalue weighted by atomic mass is 9.80. The molecule has 9 nitrogen and oxygen atoms in total. The van der Waals surface area contributed by atoms with Crippen LogP contribution in [0, 0.1) is 5.41 Å². The van der Waals surface area contributed by atoms with E-state index in [2.05, 4.69) is 10.00 Å². The van der Waals surface area contributed by atoms with Gasteiger partial charge in [0.15, 0.2) is 5.13 Å². The second-order valence-electron chi connectivity index (χ2n) is 9.65. The van der Waals surface area contributed by atoms with Crippen molar-refractivity contribution in [1.29, 1.82) is 0 Å². The monoisotopic (exact) mass is 509 g/mol. The molecule has 1 amide bonds. The largest absolute Gasteiger partial charge is 0.481 e. The molecule has 0 unspecified atom stereocenters. The average Bonchev–Trinajstić information content (AvgIpc) is 3.62. The van der Waals surface area contributed by atoms with Gasteiger partial charge in [0.1, 0.15) is 0 Å². The van der Waals surface area contributed by atoms with Gasteiger partial charge >= 0.3 is 5.97 Å². The van der Waals surface area contributed by atoms with E-state index in [9.17, 15) is 14.7 Å². The third kappa shape index (κ3) is 5.21. The zero-order chi connectivity index (χ0) is 25.1. The molecule has 0 saturated carbocycles. The molecule has 1 aliphatic heterocycles. The number of carboxylic acids is 1. The molecule has 3 aromatic rings. The number of nitrogens with zero attached hydrogens (tertiary/aromatic N) is 5. The number of benzene rings is 1. The molecule has 1 aliphatic carbocycles. The maximum atomic E-state index is 13.7. The first-order valence-corrected chi connectivity index (χ1v) is 13.2. The van der Waals surface area contributed by atoms with Gasteiger partial charge in [-0.3, -0.25) is 24.1 Å². The molecular formula is C26H31N5O4S. The topological polar surface area (TPSA) is 101 Å². The van der Waals surface area contributed by atoms with Crippen LogP contribution >= 0.6 is 11.3 Å². The Hall–Kier alpha value is -3.08. The summed E-state index contributed by atoms with van der Waals surface area (Å²) in [4.78, 5) is 34.0. The number of thiazole rings is 1. The Morgan fingerprint density at radius 2 is 1.89 bits per heavy atom. The molecule has 1 fully saturated rings. The van der Waals surface area contributed by atoms with Gasteiger partial charge < -0.3 is 9.84 Å². The molecule has 1 saturated heterocycles. The van der Waals surface area contributed by atoms with E-state index in [-0.39, 0.29) is 12.3 Å². The number of amides is 1. The summed E-state index contributed by atoms with van der Waals surface area (Å²) in [6, 6.07) is 7.82. The van der Waals surface area contributed by atoms with Crippen molar-refractivity contribution in [2.24, 2.45) is 5.41 Å². The molecule has 1 N–H and O–H groups in total. The molecule has 190 valence electrons. The van der Waals surface area contributed by atoms with Crippen molar-refractivity contribution < 1.29 is 19.4 Å². The number of rotatable bonds is 9. The van der Waals surface area contributed by atoms with E-state index in [1.54, 1.807) is 13.2 Å². The average molecular weight is 510 g/mol. The van der Waals surface area contributed by atoms with Crippen LogP contribution in [-0.2, 0) is 33.7 Å². The highest BCUT2D eigenvalue weighted by atomic mass is 32.1. The number of ether oxygens (including phenoxy) is 1. The smallest absolute Gasteiger partial charge is 0.304 e. The van der Waals surface area contributed by atoms with Gasteiger partial charge in [-0.25, -0.2) is 4.98 Å². The Bertz CT molecular complexity index is 1210. The van der Waals surface area contributed by atoms with E-state index in [1.165, 1.54) is 16.2 Å². The Morgan fingerprint density at radius 1 is 1.17 bits per heavy atom. The van der Waals surface area contributed by atoms with Crippen LogP contribution in [0.25, 0.3) is 11.3 Å². The van der Waals surface area contributed by atoms with Gasteiger partial charge in [0.25, 0.3) is 0 Å². The second kappa shape index (κ2) is 10.5. The molecule has 0 radical (unpaired) electrons. The van der Waals surface area contributed by atoms with Crippen LogP contribution in [0.1, 0.15) is 24.0 Å². The predicted molar refractivity (Wildman–Crippen MR) is 137 cm³/mol. The SMILES string of the molecule is CN(C(=O)C1(CC(=O)O)Cc2ccccc2C1)c1nc(-c2cnn(CCCN3CCOCC3)c2)cs1. The predicted octanol–water partition coefficient (Wildman–Crippen LogP) is 2.95. The number of carboxylic acid groups (broad SMARTS) is 1. The van der Waals surface area contributed by atoms with Crippen LogP contribution in [0.2, 0.25) is 0 Å². The first-order valence-electron chi connectivity index (χ1n) is 12.3. The van der Waals surface area contributed by atoms with Gasteiger partial charge in [0, 0.05) is 50.4 Å². The van der Waals surface area contributed by atoms with Gasteiger partial charge in [0.05, 0.1) is 36.9 Å². The summed E-state index contributed by atoms with van der Waals surface area (Å²) in [6.45, 7) is 5.42. The van der Waals surface area contributed by atoms with Gasteiger partial charge in [-0.1, -0.05) is 24.3 Å². The number of aromatic nitrogens is 3. The minimum atomic E-state index is -0.999. The quantitative estimate of drug-likeness (QED) is 0.473. The molecule has 2 aromatic heterocycles. The summed E-state index contributed by atoms with van der Waals surface area (Å²) in [7, 11) is 1.69. The van der Waals surface area contributed by atoms with Crippen molar-refractivity contribution in [3.63, 3.8) is 0 Å². The number of aryl methyl sites for hydroxylation is 1. The highest BCUT2D eigenvalue weighted by Gasteiger charge is 2.47. The number of aliphatic carboxylic acids is 1. The summed E-state index contributed by atoms with van der Waals surface area (Å²) in [6.07, 6.45) is 5.44. The second-order valence-corrected chi connectivity index (χ2v) is 10.5. The number of carbonyl (C=O) groups excluding carboxylic acids is 1. The van der Waals surface area contributed by atoms with Gasteiger partial charge in [-0.2, -0.15) is 5.10 Å². The minimum Gasteiger partial charge on any atom is -0.481 e. The van der Waals surface area contributed by atoms with Crippen molar-refractivity contribution >= 4 is 28.3 Å². The van der Waals surface area contributed by atoms with E-state index in [0.717, 1.165) is 68.2 Å². The van der Waals surface area contributed by atoms with E-state index in [0.29, 0.717) is 18.0 Å². The van der Waals surface area contributed by atoms with Crippen LogP contribution in [0.4, 0.5) is 5.13 Å². The van der Waals surface area contributed by atoms with Crippen molar-refractivity contribution in [2.45, 2.75) is 32.2 Å². The van der Waals surface area contributed by atoms with E-state index < -0.39 is 11.4 Å². The Kier molecular flexibility index (Phi) is 7.17. The van der Waals surface area contributed by atoms with Crippen molar-refractivity contribution in [3.8, 4) is 11.3 Å². The molecule has 3 heterocycles. The van der Waals surface area contributed by atoms with Crippen LogP contribution in [0.15, 0.2) is 42.0 Å². The number of fused-ring (bicyclic) bond motifs is 1. The zero-order valence-corrected chi connectivity index (χ0v) is 21.2. The summed E-state index contributed by atoms with van der Waals surface area (Å²) < 4.78 is 7.33. The Morgan fingerprint density at radius 3 is 2.58 bits per heavy atom. The van der Waals surface area contributed by atoms with Crippen molar-refractivity contribution in [2.75, 3.05) is 44.8 Å². The molecule has 1 aromatic carbocycles. The van der Waals surface area contributed by atoms with E-state index in [1.807, 2.05) is 40.5 Å². The fourth-order valence-electron chi connectivity index (χ4n) is 5.23. The summed E-state index contributed by atoms with van der Waals surface area (Å²) in [5.74, 6) is -1.17. The number of morpholine rings is 1. The number of carbonyl (C=O) groups is 2.